The molecule has 1 fully saturated rings. The zero-order valence-electron chi connectivity index (χ0n) is 17.0. The summed E-state index contributed by atoms with van der Waals surface area (Å²) in [5.74, 6) is 1.24. The molecule has 7 heteroatoms. The highest BCUT2D eigenvalue weighted by molar-refractivity contribution is 5.74. The predicted octanol–water partition coefficient (Wildman–Crippen LogP) is 3.52. The third-order valence-electron chi connectivity index (χ3n) is 5.49. The van der Waals surface area contributed by atoms with Crippen molar-refractivity contribution in [1.82, 2.24) is 19.1 Å². The van der Waals surface area contributed by atoms with E-state index in [1.165, 1.54) is 0 Å². The number of methoxy groups -OCH3 is 1. The average molecular weight is 401 g/mol. The summed E-state index contributed by atoms with van der Waals surface area (Å²) >= 11 is 0. The molecule has 0 aliphatic heterocycles. The van der Waals surface area contributed by atoms with E-state index in [4.69, 9.17) is 9.72 Å². The van der Waals surface area contributed by atoms with Crippen LogP contribution in [0.25, 0.3) is 16.9 Å². The first-order valence-electron chi connectivity index (χ1n) is 10.1. The Kier molecular flexibility index (Phi) is 4.50. The Labute approximate surface area is 174 Å². The molecular formula is C23H23N5O2. The molecule has 1 aliphatic rings. The number of nitrogens with zero attached hydrogens (tertiary/aromatic N) is 4. The third kappa shape index (κ3) is 3.32. The highest BCUT2D eigenvalue weighted by atomic mass is 16.5. The standard InChI is InChI=1S/C23H23N5O2/c1-15-6-3-4-7-16(15)14-27-20-13-24-22(25-17-10-11-17)26-21(20)28(23(27)29)18-8-5-9-19(12-18)30-2/h3-9,12-13,17H,10-11,14H2,1-2H3,(H,24,25,26). The molecule has 0 radical (unpaired) electrons. The molecule has 1 N–H and O–H groups in total. The lowest BCUT2D eigenvalue weighted by Crippen LogP contribution is -2.24. The number of aromatic nitrogens is 4. The number of anilines is 1. The van der Waals surface area contributed by atoms with Gasteiger partial charge in [0.15, 0.2) is 5.65 Å². The van der Waals surface area contributed by atoms with Crippen LogP contribution in [0, 0.1) is 6.92 Å². The van der Waals surface area contributed by atoms with E-state index in [9.17, 15) is 4.79 Å². The van der Waals surface area contributed by atoms with Gasteiger partial charge in [-0.15, -0.1) is 0 Å². The van der Waals surface area contributed by atoms with Crippen LogP contribution in [-0.2, 0) is 6.54 Å². The number of hydrogen-bond donors (Lipinski definition) is 1. The topological polar surface area (TPSA) is 74.0 Å². The molecule has 7 nitrogen and oxygen atoms in total. The Balaban J connectivity index is 1.70. The first-order chi connectivity index (χ1) is 14.6. The van der Waals surface area contributed by atoms with E-state index in [2.05, 4.69) is 23.3 Å². The summed E-state index contributed by atoms with van der Waals surface area (Å²) in [6, 6.07) is 16.0. The fourth-order valence-corrected chi connectivity index (χ4v) is 3.61. The zero-order chi connectivity index (χ0) is 20.7. The molecule has 2 aromatic heterocycles. The van der Waals surface area contributed by atoms with Crippen LogP contribution < -0.4 is 15.7 Å². The van der Waals surface area contributed by atoms with Gasteiger partial charge in [0.2, 0.25) is 5.95 Å². The van der Waals surface area contributed by atoms with E-state index in [0.717, 1.165) is 24.0 Å². The zero-order valence-corrected chi connectivity index (χ0v) is 17.0. The first kappa shape index (κ1) is 18.4. The van der Waals surface area contributed by atoms with Crippen molar-refractivity contribution in [2.24, 2.45) is 0 Å². The van der Waals surface area contributed by atoms with Crippen LogP contribution in [0.3, 0.4) is 0 Å². The molecule has 0 amide bonds. The van der Waals surface area contributed by atoms with Crippen LogP contribution in [0.4, 0.5) is 5.95 Å². The van der Waals surface area contributed by atoms with Crippen LogP contribution in [0.1, 0.15) is 24.0 Å². The number of benzene rings is 2. The molecular weight excluding hydrogens is 378 g/mol. The number of ether oxygens (including phenoxy) is 1. The normalized spacial score (nSPS) is 13.5. The second-order valence-corrected chi connectivity index (χ2v) is 7.65. The van der Waals surface area contributed by atoms with Crippen LogP contribution in [0.15, 0.2) is 59.5 Å². The van der Waals surface area contributed by atoms with Crippen molar-refractivity contribution in [3.8, 4) is 11.4 Å². The summed E-state index contributed by atoms with van der Waals surface area (Å²) in [6.07, 6.45) is 3.99. The van der Waals surface area contributed by atoms with Gasteiger partial charge in [0.25, 0.3) is 0 Å². The van der Waals surface area contributed by atoms with Gasteiger partial charge >= 0.3 is 5.69 Å². The first-order valence-corrected chi connectivity index (χ1v) is 10.1. The molecule has 1 aliphatic carbocycles. The molecule has 2 aromatic carbocycles. The van der Waals surface area contributed by atoms with Crippen molar-refractivity contribution in [2.45, 2.75) is 32.4 Å². The number of nitrogens with one attached hydrogen (secondary N) is 1. The molecule has 152 valence electrons. The fourth-order valence-electron chi connectivity index (χ4n) is 3.61. The smallest absolute Gasteiger partial charge is 0.335 e. The van der Waals surface area contributed by atoms with Crippen molar-refractivity contribution >= 4 is 17.1 Å². The Hall–Kier alpha value is -3.61. The van der Waals surface area contributed by atoms with E-state index >= 15 is 0 Å². The maximum atomic E-state index is 13.5. The lowest BCUT2D eigenvalue weighted by Gasteiger charge is -2.07. The maximum Gasteiger partial charge on any atom is 0.335 e. The summed E-state index contributed by atoms with van der Waals surface area (Å²) < 4.78 is 8.73. The molecule has 0 unspecified atom stereocenters. The molecule has 0 bridgehead atoms. The van der Waals surface area contributed by atoms with Gasteiger partial charge in [-0.05, 0) is 43.0 Å². The summed E-state index contributed by atoms with van der Waals surface area (Å²) in [5, 5.41) is 3.33. The molecule has 30 heavy (non-hydrogen) atoms. The van der Waals surface area contributed by atoms with Crippen LogP contribution in [-0.4, -0.2) is 32.3 Å². The second kappa shape index (κ2) is 7.33. The van der Waals surface area contributed by atoms with Gasteiger partial charge in [-0.2, -0.15) is 4.98 Å². The van der Waals surface area contributed by atoms with Crippen molar-refractivity contribution in [3.63, 3.8) is 0 Å². The Morgan fingerprint density at radius 3 is 2.77 bits per heavy atom. The number of rotatable bonds is 6. The largest absolute Gasteiger partial charge is 0.497 e. The van der Waals surface area contributed by atoms with E-state index in [0.29, 0.717) is 41.1 Å². The molecule has 0 saturated heterocycles. The minimum atomic E-state index is -0.153. The van der Waals surface area contributed by atoms with Gasteiger partial charge in [-0.25, -0.2) is 14.3 Å². The number of imidazole rings is 1. The van der Waals surface area contributed by atoms with Gasteiger partial charge in [-0.1, -0.05) is 30.3 Å². The Bertz CT molecular complexity index is 1290. The van der Waals surface area contributed by atoms with Gasteiger partial charge in [0.1, 0.15) is 11.3 Å². The lowest BCUT2D eigenvalue weighted by molar-refractivity contribution is 0.414. The summed E-state index contributed by atoms with van der Waals surface area (Å²) in [6.45, 7) is 2.51. The summed E-state index contributed by atoms with van der Waals surface area (Å²) in [4.78, 5) is 22.7. The fraction of sp³-hybridized carbons (Fsp3) is 0.261. The van der Waals surface area contributed by atoms with Crippen molar-refractivity contribution in [2.75, 3.05) is 12.4 Å². The van der Waals surface area contributed by atoms with Crippen molar-refractivity contribution in [1.29, 1.82) is 0 Å². The Morgan fingerprint density at radius 1 is 1.17 bits per heavy atom. The monoisotopic (exact) mass is 401 g/mol. The van der Waals surface area contributed by atoms with E-state index in [-0.39, 0.29) is 5.69 Å². The number of aryl methyl sites for hydroxylation is 1. The molecule has 4 aromatic rings. The SMILES string of the molecule is COc1cccc(-n2c(=O)n(Cc3ccccc3C)c3cnc(NC4CC4)nc32)c1. The van der Waals surface area contributed by atoms with Crippen LogP contribution in [0.5, 0.6) is 5.75 Å². The average Bonchev–Trinajstić information content (AvgIpc) is 3.53. The number of hydrogen-bond acceptors (Lipinski definition) is 5. The minimum Gasteiger partial charge on any atom is -0.497 e. The molecule has 5 rings (SSSR count). The Morgan fingerprint density at radius 2 is 2.00 bits per heavy atom. The van der Waals surface area contributed by atoms with Gasteiger partial charge in [0, 0.05) is 12.1 Å². The van der Waals surface area contributed by atoms with Gasteiger partial charge in [0.05, 0.1) is 25.5 Å². The third-order valence-corrected chi connectivity index (χ3v) is 5.49. The quantitative estimate of drug-likeness (QED) is 0.535. The summed E-state index contributed by atoms with van der Waals surface area (Å²) in [7, 11) is 1.61. The van der Waals surface area contributed by atoms with Crippen LogP contribution >= 0.6 is 0 Å². The van der Waals surface area contributed by atoms with Crippen molar-refractivity contribution in [3.05, 3.63) is 76.3 Å². The lowest BCUT2D eigenvalue weighted by atomic mass is 10.1. The van der Waals surface area contributed by atoms with Gasteiger partial charge < -0.3 is 10.1 Å². The summed E-state index contributed by atoms with van der Waals surface area (Å²) in [5.41, 5.74) is 4.07. The van der Waals surface area contributed by atoms with Gasteiger partial charge in [-0.3, -0.25) is 4.57 Å². The minimum absolute atomic E-state index is 0.153. The van der Waals surface area contributed by atoms with E-state index < -0.39 is 0 Å². The molecule has 1 saturated carbocycles. The van der Waals surface area contributed by atoms with Crippen molar-refractivity contribution < 1.29 is 4.74 Å². The maximum absolute atomic E-state index is 13.5. The highest BCUT2D eigenvalue weighted by Gasteiger charge is 2.23. The highest BCUT2D eigenvalue weighted by Crippen LogP contribution is 2.25. The van der Waals surface area contributed by atoms with E-state index in [1.54, 1.807) is 22.4 Å². The predicted molar refractivity (Wildman–Crippen MR) is 117 cm³/mol. The molecule has 0 spiro atoms. The second-order valence-electron chi connectivity index (χ2n) is 7.65. The van der Waals surface area contributed by atoms with Crippen LogP contribution in [0.2, 0.25) is 0 Å². The molecule has 0 atom stereocenters. The molecule has 2 heterocycles. The van der Waals surface area contributed by atoms with E-state index in [1.807, 2.05) is 42.5 Å². The number of fused-ring (bicyclic) bond motifs is 1.